The minimum absolute atomic E-state index is 0.273. The fourth-order valence-corrected chi connectivity index (χ4v) is 5.21. The van der Waals surface area contributed by atoms with Crippen LogP contribution in [0.5, 0.6) is 0 Å². The number of nitrogens with one attached hydrogen (secondary N) is 1. The molecule has 1 fully saturated rings. The number of benzene rings is 2. The summed E-state index contributed by atoms with van der Waals surface area (Å²) in [5.74, 6) is 1.49. The van der Waals surface area contributed by atoms with E-state index in [0.29, 0.717) is 11.6 Å². The summed E-state index contributed by atoms with van der Waals surface area (Å²) in [6, 6.07) is 16.4. The van der Waals surface area contributed by atoms with Gasteiger partial charge in [-0.1, -0.05) is 24.3 Å². The summed E-state index contributed by atoms with van der Waals surface area (Å²) >= 11 is 0. The molecule has 2 aromatic rings. The van der Waals surface area contributed by atoms with E-state index in [1.165, 1.54) is 23.1 Å². The molecule has 27 heavy (non-hydrogen) atoms. The zero-order valence-corrected chi connectivity index (χ0v) is 16.0. The highest BCUT2D eigenvalue weighted by Gasteiger charge is 2.45. The maximum atomic E-state index is 11.4. The quantitative estimate of drug-likeness (QED) is 0.886. The van der Waals surface area contributed by atoms with Crippen LogP contribution in [0.1, 0.15) is 23.5 Å². The van der Waals surface area contributed by atoms with Gasteiger partial charge in [0.05, 0.1) is 12.8 Å². The molecule has 3 aliphatic rings. The predicted molar refractivity (Wildman–Crippen MR) is 108 cm³/mol. The highest BCUT2D eigenvalue weighted by Crippen LogP contribution is 2.44. The predicted octanol–water partition coefficient (Wildman–Crippen LogP) is 2.45. The van der Waals surface area contributed by atoms with Crippen LogP contribution in [0, 0.1) is 0 Å². The number of nitrogens with zero attached hydrogens (tertiary/aromatic N) is 3. The molecule has 0 aliphatic carbocycles. The Morgan fingerprint density at radius 3 is 2.59 bits per heavy atom. The second kappa shape index (κ2) is 5.99. The second-order valence-corrected chi connectivity index (χ2v) is 9.16. The molecule has 2 aromatic carbocycles. The van der Waals surface area contributed by atoms with E-state index < -0.39 is 10.0 Å². The van der Waals surface area contributed by atoms with Crippen LogP contribution in [-0.2, 0) is 10.0 Å². The molecule has 140 valence electrons. The van der Waals surface area contributed by atoms with Crippen LogP contribution < -0.4 is 9.62 Å². The van der Waals surface area contributed by atoms with Crippen molar-refractivity contribution in [2.75, 3.05) is 35.5 Å². The van der Waals surface area contributed by atoms with Gasteiger partial charge in [-0.3, -0.25) is 9.71 Å². The van der Waals surface area contributed by atoms with Crippen LogP contribution in [0.3, 0.4) is 0 Å². The van der Waals surface area contributed by atoms with E-state index in [1.807, 2.05) is 12.1 Å². The molecule has 1 N–H and O–H groups in total. The molecule has 0 amide bonds. The summed E-state index contributed by atoms with van der Waals surface area (Å²) < 4.78 is 25.4. The first-order chi connectivity index (χ1) is 13.0. The Kier molecular flexibility index (Phi) is 3.69. The van der Waals surface area contributed by atoms with Crippen LogP contribution in [0.15, 0.2) is 53.5 Å². The van der Waals surface area contributed by atoms with Crippen LogP contribution in [0.2, 0.25) is 0 Å². The third-order valence-corrected chi connectivity index (χ3v) is 6.26. The van der Waals surface area contributed by atoms with Crippen LogP contribution >= 0.6 is 0 Å². The third-order valence-electron chi connectivity index (χ3n) is 5.65. The monoisotopic (exact) mass is 382 g/mol. The molecule has 0 spiro atoms. The van der Waals surface area contributed by atoms with Crippen molar-refractivity contribution in [3.8, 4) is 0 Å². The summed E-state index contributed by atoms with van der Waals surface area (Å²) in [7, 11) is -3.26. The highest BCUT2D eigenvalue weighted by atomic mass is 32.2. The van der Waals surface area contributed by atoms with Crippen molar-refractivity contribution in [3.05, 3.63) is 59.7 Å². The Morgan fingerprint density at radius 2 is 1.81 bits per heavy atom. The number of amidine groups is 1. The third kappa shape index (κ3) is 2.77. The van der Waals surface area contributed by atoms with Crippen molar-refractivity contribution in [2.24, 2.45) is 4.99 Å². The van der Waals surface area contributed by atoms with Gasteiger partial charge < -0.3 is 9.80 Å². The van der Waals surface area contributed by atoms with E-state index in [4.69, 9.17) is 4.99 Å². The molecule has 2 unspecified atom stereocenters. The minimum atomic E-state index is -3.26. The van der Waals surface area contributed by atoms with Gasteiger partial charge in [0.2, 0.25) is 10.0 Å². The van der Waals surface area contributed by atoms with Gasteiger partial charge in [-0.15, -0.1) is 0 Å². The minimum Gasteiger partial charge on any atom is -0.350 e. The van der Waals surface area contributed by atoms with Crippen molar-refractivity contribution >= 4 is 27.2 Å². The summed E-state index contributed by atoms with van der Waals surface area (Å²) in [6.45, 7) is 2.81. The first kappa shape index (κ1) is 16.6. The summed E-state index contributed by atoms with van der Waals surface area (Å²) in [5, 5.41) is 0. The Hall–Kier alpha value is -2.54. The second-order valence-electron chi connectivity index (χ2n) is 7.41. The van der Waals surface area contributed by atoms with Crippen LogP contribution in [0.25, 0.3) is 0 Å². The summed E-state index contributed by atoms with van der Waals surface area (Å²) in [6.07, 6.45) is 2.51. The number of rotatable bonds is 3. The molecule has 7 heteroatoms. The van der Waals surface area contributed by atoms with Gasteiger partial charge in [0.25, 0.3) is 0 Å². The Labute approximate surface area is 159 Å². The van der Waals surface area contributed by atoms with Gasteiger partial charge in [0.15, 0.2) is 0 Å². The van der Waals surface area contributed by atoms with E-state index in [9.17, 15) is 8.42 Å². The molecule has 3 heterocycles. The van der Waals surface area contributed by atoms with Crippen molar-refractivity contribution in [2.45, 2.75) is 18.5 Å². The number of hydrogen-bond acceptors (Lipinski definition) is 5. The molecular weight excluding hydrogens is 360 g/mol. The Bertz CT molecular complexity index is 1020. The lowest BCUT2D eigenvalue weighted by Gasteiger charge is -2.43. The number of sulfonamides is 1. The van der Waals surface area contributed by atoms with Crippen molar-refractivity contribution in [1.29, 1.82) is 0 Å². The van der Waals surface area contributed by atoms with Crippen molar-refractivity contribution in [3.63, 3.8) is 0 Å². The summed E-state index contributed by atoms with van der Waals surface area (Å²) in [4.78, 5) is 9.74. The van der Waals surface area contributed by atoms with Gasteiger partial charge >= 0.3 is 0 Å². The molecule has 0 saturated carbocycles. The molecule has 0 bridgehead atoms. The molecule has 3 aliphatic heterocycles. The van der Waals surface area contributed by atoms with E-state index in [1.54, 1.807) is 0 Å². The SMILES string of the molecule is CS(=O)(=O)Nc1ccc(C2CCN3c4ccccc4C4=NCCN4C23)cc1. The number of para-hydroxylation sites is 1. The average Bonchev–Trinajstić information content (AvgIpc) is 3.28. The Balaban J connectivity index is 1.49. The number of aliphatic imine (C=N–C) groups is 1. The molecule has 0 aromatic heterocycles. The molecule has 5 rings (SSSR count). The standard InChI is InChI=1S/C20H22N4O2S/c1-27(25,26)22-15-8-6-14(7-9-15)16-10-12-23-18-5-3-2-4-17(18)19-21-11-13-24(19)20(16)23/h2-9,16,20,22H,10-13H2,1H3. The lowest BCUT2D eigenvalue weighted by Crippen LogP contribution is -2.53. The maximum Gasteiger partial charge on any atom is 0.229 e. The molecule has 0 radical (unpaired) electrons. The van der Waals surface area contributed by atoms with Crippen LogP contribution in [-0.4, -0.2) is 51.2 Å². The Morgan fingerprint density at radius 1 is 1.04 bits per heavy atom. The zero-order valence-electron chi connectivity index (χ0n) is 15.2. The normalized spacial score (nSPS) is 23.5. The van der Waals surface area contributed by atoms with Gasteiger partial charge in [0, 0.05) is 35.9 Å². The number of fused-ring (bicyclic) bond motifs is 6. The van der Waals surface area contributed by atoms with E-state index in [2.05, 4.69) is 50.9 Å². The smallest absolute Gasteiger partial charge is 0.229 e. The first-order valence-corrected chi connectivity index (χ1v) is 11.2. The number of hydrogen-bond donors (Lipinski definition) is 1. The lowest BCUT2D eigenvalue weighted by atomic mass is 9.93. The van der Waals surface area contributed by atoms with Gasteiger partial charge in [-0.2, -0.15) is 0 Å². The molecule has 6 nitrogen and oxygen atoms in total. The summed E-state index contributed by atoms with van der Waals surface area (Å²) in [5.41, 5.74) is 4.36. The zero-order chi connectivity index (χ0) is 18.6. The molecule has 2 atom stereocenters. The average molecular weight is 382 g/mol. The molecule has 1 saturated heterocycles. The van der Waals surface area contributed by atoms with E-state index in [-0.39, 0.29) is 6.17 Å². The van der Waals surface area contributed by atoms with Crippen molar-refractivity contribution in [1.82, 2.24) is 4.90 Å². The van der Waals surface area contributed by atoms with Crippen LogP contribution in [0.4, 0.5) is 11.4 Å². The molecular formula is C20H22N4O2S. The van der Waals surface area contributed by atoms with Gasteiger partial charge in [0.1, 0.15) is 12.0 Å². The first-order valence-electron chi connectivity index (χ1n) is 9.26. The lowest BCUT2D eigenvalue weighted by molar-refractivity contribution is 0.311. The largest absolute Gasteiger partial charge is 0.350 e. The topological polar surface area (TPSA) is 65.0 Å². The van der Waals surface area contributed by atoms with E-state index in [0.717, 1.165) is 31.9 Å². The fourth-order valence-electron chi connectivity index (χ4n) is 4.65. The van der Waals surface area contributed by atoms with Gasteiger partial charge in [-0.25, -0.2) is 8.42 Å². The highest BCUT2D eigenvalue weighted by molar-refractivity contribution is 7.92. The maximum absolute atomic E-state index is 11.4. The van der Waals surface area contributed by atoms with Gasteiger partial charge in [-0.05, 0) is 36.2 Å². The van der Waals surface area contributed by atoms with Crippen molar-refractivity contribution < 1.29 is 8.42 Å². The number of anilines is 2. The van der Waals surface area contributed by atoms with E-state index >= 15 is 0 Å². The fraction of sp³-hybridized carbons (Fsp3) is 0.350.